The molecule has 0 aliphatic carbocycles. The van der Waals surface area contributed by atoms with E-state index in [2.05, 4.69) is 155 Å². The summed E-state index contributed by atoms with van der Waals surface area (Å²) in [6, 6.07) is 57.5. The number of fused-ring (bicyclic) bond motifs is 7. The van der Waals surface area contributed by atoms with Gasteiger partial charge in [0.15, 0.2) is 0 Å². The van der Waals surface area contributed by atoms with Gasteiger partial charge < -0.3 is 18.9 Å². The minimum absolute atomic E-state index is 0.0168. The van der Waals surface area contributed by atoms with Gasteiger partial charge in [0.25, 0.3) is 6.71 Å². The van der Waals surface area contributed by atoms with E-state index >= 15 is 0 Å². The molecule has 4 nitrogen and oxygen atoms in total. The zero-order valence-electron chi connectivity index (χ0n) is 25.4. The first kappa shape index (κ1) is 26.1. The van der Waals surface area contributed by atoms with Crippen LogP contribution in [0.4, 0.5) is 17.1 Å². The Balaban J connectivity index is 1.13. The number of hydrogen-bond donors (Lipinski definition) is 0. The molecule has 220 valence electrons. The van der Waals surface area contributed by atoms with E-state index in [1.165, 1.54) is 21.8 Å². The molecule has 7 aromatic carbocycles. The Labute approximate surface area is 272 Å². The average molecular weight is 603 g/mol. The summed E-state index contributed by atoms with van der Waals surface area (Å²) < 4.78 is 15.7. The van der Waals surface area contributed by atoms with Gasteiger partial charge >= 0.3 is 0 Å². The van der Waals surface area contributed by atoms with Crippen molar-refractivity contribution < 1.29 is 9.47 Å². The van der Waals surface area contributed by atoms with E-state index < -0.39 is 0 Å². The number of rotatable bonds is 4. The zero-order valence-corrected chi connectivity index (χ0v) is 25.4. The molecule has 0 N–H and O–H groups in total. The van der Waals surface area contributed by atoms with Crippen molar-refractivity contribution >= 4 is 62.0 Å². The summed E-state index contributed by atoms with van der Waals surface area (Å²) in [5.41, 5.74) is 9.98. The quantitative estimate of drug-likeness (QED) is 0.188. The van der Waals surface area contributed by atoms with Crippen LogP contribution in [0.5, 0.6) is 23.0 Å². The van der Waals surface area contributed by atoms with Crippen LogP contribution in [0.2, 0.25) is 0 Å². The molecule has 47 heavy (non-hydrogen) atoms. The fourth-order valence-corrected chi connectivity index (χ4v) is 7.48. The molecule has 0 atom stereocenters. The van der Waals surface area contributed by atoms with E-state index in [1.54, 1.807) is 0 Å². The first-order valence-corrected chi connectivity index (χ1v) is 16.0. The second-order valence-corrected chi connectivity index (χ2v) is 12.1. The van der Waals surface area contributed by atoms with E-state index in [-0.39, 0.29) is 6.71 Å². The van der Waals surface area contributed by atoms with Gasteiger partial charge in [-0.2, -0.15) is 0 Å². The molecule has 0 saturated heterocycles. The van der Waals surface area contributed by atoms with E-state index in [4.69, 9.17) is 9.47 Å². The first-order valence-electron chi connectivity index (χ1n) is 16.0. The van der Waals surface area contributed by atoms with Crippen molar-refractivity contribution in [1.29, 1.82) is 0 Å². The van der Waals surface area contributed by atoms with Gasteiger partial charge in [-0.15, -0.1) is 0 Å². The average Bonchev–Trinajstić information content (AvgIpc) is 3.47. The lowest BCUT2D eigenvalue weighted by atomic mass is 9.35. The molecule has 0 amide bonds. The third-order valence-corrected chi connectivity index (χ3v) is 9.50. The fourth-order valence-electron chi connectivity index (χ4n) is 7.48. The number of ether oxygens (including phenoxy) is 2. The number of nitrogens with zero attached hydrogens (tertiary/aromatic N) is 2. The minimum atomic E-state index is -0.0168. The molecule has 2 aliphatic heterocycles. The highest BCUT2D eigenvalue weighted by atomic mass is 16.5. The van der Waals surface area contributed by atoms with Crippen molar-refractivity contribution in [2.45, 2.75) is 0 Å². The second-order valence-electron chi connectivity index (χ2n) is 12.1. The topological polar surface area (TPSA) is 26.6 Å². The Morgan fingerprint density at radius 3 is 1.57 bits per heavy atom. The van der Waals surface area contributed by atoms with Crippen LogP contribution in [0.1, 0.15) is 0 Å². The smallest absolute Gasteiger partial charge is 0.260 e. The Hall–Kier alpha value is -6.20. The summed E-state index contributed by atoms with van der Waals surface area (Å²) in [7, 11) is 0. The number of aromatic nitrogens is 1. The van der Waals surface area contributed by atoms with Crippen molar-refractivity contribution in [2.24, 2.45) is 0 Å². The fraction of sp³-hybridized carbons (Fsp3) is 0. The Morgan fingerprint density at radius 2 is 0.957 bits per heavy atom. The summed E-state index contributed by atoms with van der Waals surface area (Å²) in [5, 5.41) is 2.48. The summed E-state index contributed by atoms with van der Waals surface area (Å²) >= 11 is 0. The molecular weight excluding hydrogens is 575 g/mol. The second kappa shape index (κ2) is 10.2. The Kier molecular flexibility index (Phi) is 5.63. The molecule has 0 unspecified atom stereocenters. The van der Waals surface area contributed by atoms with Crippen molar-refractivity contribution in [2.75, 3.05) is 4.90 Å². The highest BCUT2D eigenvalue weighted by Crippen LogP contribution is 2.40. The predicted molar refractivity (Wildman–Crippen MR) is 193 cm³/mol. The molecule has 0 spiro atoms. The van der Waals surface area contributed by atoms with Crippen molar-refractivity contribution in [3.8, 4) is 28.7 Å². The molecule has 0 radical (unpaired) electrons. The summed E-state index contributed by atoms with van der Waals surface area (Å²) in [6.07, 6.45) is 0. The number of benzene rings is 7. The van der Waals surface area contributed by atoms with Crippen molar-refractivity contribution in [1.82, 2.24) is 4.57 Å². The third kappa shape index (κ3) is 3.96. The van der Waals surface area contributed by atoms with Crippen LogP contribution in [0.15, 0.2) is 164 Å². The molecule has 3 heterocycles. The van der Waals surface area contributed by atoms with Gasteiger partial charge in [0.1, 0.15) is 23.0 Å². The standard InChI is InChI=1S/C42H27BN2O2/c1-3-12-28(13-4-1)44(29-14-5-2-6-15-29)30-22-24-34-40(26-30)46-38-20-11-21-39-42(38)43(34)35-25-23-31(27-41(35)47-39)45-36-18-9-7-16-32(36)33-17-8-10-19-37(33)45/h1-27H. The van der Waals surface area contributed by atoms with Crippen molar-refractivity contribution in [3.63, 3.8) is 0 Å². The van der Waals surface area contributed by atoms with Crippen LogP contribution in [0.3, 0.4) is 0 Å². The normalized spacial score (nSPS) is 12.6. The van der Waals surface area contributed by atoms with Crippen LogP contribution in [0, 0.1) is 0 Å². The maximum Gasteiger partial charge on any atom is 0.260 e. The third-order valence-electron chi connectivity index (χ3n) is 9.50. The van der Waals surface area contributed by atoms with Crippen LogP contribution >= 0.6 is 0 Å². The van der Waals surface area contributed by atoms with Gasteiger partial charge in [-0.1, -0.05) is 91.0 Å². The van der Waals surface area contributed by atoms with Gasteiger partial charge in [-0.05, 0) is 71.6 Å². The molecule has 10 rings (SSSR count). The summed E-state index contributed by atoms with van der Waals surface area (Å²) in [5.74, 6) is 3.39. The van der Waals surface area contributed by atoms with E-state index in [0.29, 0.717) is 0 Å². The van der Waals surface area contributed by atoms with Crippen LogP contribution in [-0.2, 0) is 0 Å². The van der Waals surface area contributed by atoms with Gasteiger partial charge in [0.05, 0.1) is 11.0 Å². The van der Waals surface area contributed by atoms with Gasteiger partial charge in [0, 0.05) is 51.1 Å². The number of anilines is 3. The highest BCUT2D eigenvalue weighted by Gasteiger charge is 2.40. The lowest BCUT2D eigenvalue weighted by Gasteiger charge is -2.34. The van der Waals surface area contributed by atoms with E-state index in [1.807, 2.05) is 18.2 Å². The van der Waals surface area contributed by atoms with Crippen LogP contribution in [0.25, 0.3) is 27.5 Å². The van der Waals surface area contributed by atoms with E-state index in [0.717, 1.165) is 62.1 Å². The molecule has 1 aromatic heterocycles. The number of para-hydroxylation sites is 4. The molecular formula is C42H27BN2O2. The Bertz CT molecular complexity index is 2400. The molecule has 0 saturated carbocycles. The monoisotopic (exact) mass is 602 g/mol. The number of hydrogen-bond acceptors (Lipinski definition) is 3. The summed E-state index contributed by atoms with van der Waals surface area (Å²) in [6.45, 7) is -0.0168. The molecule has 2 aliphatic rings. The lowest BCUT2D eigenvalue weighted by Crippen LogP contribution is -2.57. The summed E-state index contributed by atoms with van der Waals surface area (Å²) in [4.78, 5) is 2.27. The van der Waals surface area contributed by atoms with Crippen molar-refractivity contribution in [3.05, 3.63) is 164 Å². The molecule has 5 heteroatoms. The lowest BCUT2D eigenvalue weighted by molar-refractivity contribution is 0.464. The predicted octanol–water partition coefficient (Wildman–Crippen LogP) is 8.98. The molecule has 0 fully saturated rings. The zero-order chi connectivity index (χ0) is 30.9. The van der Waals surface area contributed by atoms with Crippen LogP contribution in [-0.4, -0.2) is 11.3 Å². The highest BCUT2D eigenvalue weighted by molar-refractivity contribution is 6.98. The SMILES string of the molecule is c1ccc(N(c2ccccc2)c2ccc3c(c2)Oc2cccc4c2B3c2ccc(-n3c5ccccc5c5ccccc53)cc2O4)cc1. The van der Waals surface area contributed by atoms with Gasteiger partial charge in [-0.25, -0.2) is 0 Å². The maximum atomic E-state index is 6.68. The molecule has 0 bridgehead atoms. The minimum Gasteiger partial charge on any atom is -0.458 e. The largest absolute Gasteiger partial charge is 0.458 e. The first-order chi connectivity index (χ1) is 23.3. The van der Waals surface area contributed by atoms with E-state index in [9.17, 15) is 0 Å². The Morgan fingerprint density at radius 1 is 0.426 bits per heavy atom. The van der Waals surface area contributed by atoms with Crippen LogP contribution < -0.4 is 30.8 Å². The van der Waals surface area contributed by atoms with Gasteiger partial charge in [-0.3, -0.25) is 0 Å². The van der Waals surface area contributed by atoms with Gasteiger partial charge in [0.2, 0.25) is 0 Å². The molecule has 8 aromatic rings. The maximum absolute atomic E-state index is 6.68.